The molecule has 0 aromatic carbocycles. The molecule has 0 unspecified atom stereocenters. The van der Waals surface area contributed by atoms with Crippen molar-refractivity contribution in [3.8, 4) is 0 Å². The van der Waals surface area contributed by atoms with Gasteiger partial charge in [0.1, 0.15) is 0 Å². The molecule has 0 nitrogen and oxygen atoms in total. The summed E-state index contributed by atoms with van der Waals surface area (Å²) in [5, 5.41) is 4.22. The molecule has 0 aromatic heterocycles. The van der Waals surface area contributed by atoms with Crippen molar-refractivity contribution >= 4 is 20.9 Å². The van der Waals surface area contributed by atoms with Gasteiger partial charge in [-0.25, -0.2) is 0 Å². The van der Waals surface area contributed by atoms with Crippen molar-refractivity contribution < 1.29 is 0 Å². The highest BCUT2D eigenvalue weighted by Gasteiger charge is 1.93. The molecule has 0 bridgehead atoms. The predicted molar refractivity (Wildman–Crippen MR) is 44.7 cm³/mol. The van der Waals surface area contributed by atoms with Crippen molar-refractivity contribution in [2.45, 2.75) is 6.92 Å². The highest BCUT2D eigenvalue weighted by atomic mass is 32.2. The lowest BCUT2D eigenvalue weighted by atomic mass is 10.4. The summed E-state index contributed by atoms with van der Waals surface area (Å²) >= 11 is 0. The van der Waals surface area contributed by atoms with Crippen LogP contribution in [0.2, 0.25) is 0 Å². The maximum atomic E-state index is 3.93. The van der Waals surface area contributed by atoms with Gasteiger partial charge in [-0.15, -0.1) is 0 Å². The van der Waals surface area contributed by atoms with Crippen molar-refractivity contribution in [3.05, 3.63) is 22.5 Å². The summed E-state index contributed by atoms with van der Waals surface area (Å²) in [6, 6.07) is 0. The van der Waals surface area contributed by atoms with Gasteiger partial charge < -0.3 is 0 Å². The van der Waals surface area contributed by atoms with E-state index >= 15 is 0 Å². The van der Waals surface area contributed by atoms with E-state index in [2.05, 4.69) is 35.6 Å². The first-order valence-electron chi connectivity index (χ1n) is 2.46. The summed E-state index contributed by atoms with van der Waals surface area (Å²) < 4.78 is 0. The molecule has 0 fully saturated rings. The van der Waals surface area contributed by atoms with Crippen LogP contribution in [0.5, 0.6) is 0 Å². The van der Waals surface area contributed by atoms with Crippen LogP contribution in [0.15, 0.2) is 22.5 Å². The van der Waals surface area contributed by atoms with E-state index < -0.39 is 9.21 Å². The van der Waals surface area contributed by atoms with E-state index in [-0.39, 0.29) is 0 Å². The quantitative estimate of drug-likeness (QED) is 0.436. The summed E-state index contributed by atoms with van der Waals surface area (Å²) in [6.07, 6.45) is 2.08. The van der Waals surface area contributed by atoms with E-state index in [1.807, 2.05) is 0 Å². The van der Waals surface area contributed by atoms with Gasteiger partial charge in [0.2, 0.25) is 0 Å². The Morgan fingerprint density at radius 2 is 2.12 bits per heavy atom. The minimum atomic E-state index is -0.938. The van der Waals surface area contributed by atoms with Crippen molar-refractivity contribution in [1.82, 2.24) is 0 Å². The Labute approximate surface area is 51.0 Å². The molecule has 0 spiro atoms. The maximum absolute atomic E-state index is 3.93. The van der Waals surface area contributed by atoms with E-state index in [1.54, 1.807) is 0 Å². The van der Waals surface area contributed by atoms with Crippen LogP contribution in [0.25, 0.3) is 0 Å². The standard InChI is InChI=1S/C7H10S/c1-7-4-5-8(2,3)6-7/h4-6H,2-3H2,1H3. The van der Waals surface area contributed by atoms with Crippen LogP contribution in [0.4, 0.5) is 0 Å². The van der Waals surface area contributed by atoms with Crippen molar-refractivity contribution in [2.24, 2.45) is 0 Å². The lowest BCUT2D eigenvalue weighted by molar-refractivity contribution is 1.58. The topological polar surface area (TPSA) is 0 Å². The zero-order valence-electron chi connectivity index (χ0n) is 5.05. The molecule has 0 aliphatic carbocycles. The van der Waals surface area contributed by atoms with Crippen LogP contribution in [0.1, 0.15) is 6.92 Å². The molecule has 1 heterocycles. The monoisotopic (exact) mass is 126 g/mol. The van der Waals surface area contributed by atoms with Gasteiger partial charge in [-0.1, -0.05) is 17.8 Å². The second kappa shape index (κ2) is 1.52. The Morgan fingerprint density at radius 3 is 2.25 bits per heavy atom. The molecular weight excluding hydrogens is 116 g/mol. The molecule has 0 aromatic rings. The average Bonchev–Trinajstić information content (AvgIpc) is 1.82. The molecule has 1 heteroatoms. The zero-order valence-corrected chi connectivity index (χ0v) is 5.87. The Bertz CT molecular complexity index is 238. The fourth-order valence-corrected chi connectivity index (χ4v) is 2.07. The van der Waals surface area contributed by atoms with Gasteiger partial charge in [0.25, 0.3) is 0 Å². The highest BCUT2D eigenvalue weighted by Crippen LogP contribution is 2.30. The molecular formula is C7H10S. The summed E-state index contributed by atoms with van der Waals surface area (Å²) in [5.41, 5.74) is 1.30. The molecule has 0 saturated carbocycles. The zero-order chi connectivity index (χ0) is 6.20. The number of rotatable bonds is 0. The molecule has 44 valence electrons. The summed E-state index contributed by atoms with van der Waals surface area (Å²) in [4.78, 5) is 0. The molecule has 1 aliphatic heterocycles. The molecule has 0 saturated heterocycles. The van der Waals surface area contributed by atoms with Crippen molar-refractivity contribution in [1.29, 1.82) is 0 Å². The fourth-order valence-electron chi connectivity index (χ4n) is 0.692. The third-order valence-electron chi connectivity index (χ3n) is 1.02. The molecule has 8 heavy (non-hydrogen) atoms. The summed E-state index contributed by atoms with van der Waals surface area (Å²) in [7, 11) is -0.938. The summed E-state index contributed by atoms with van der Waals surface area (Å²) in [5.74, 6) is 7.86. The smallest absolute Gasteiger partial charge is 0.0340 e. The third kappa shape index (κ3) is 1.04. The van der Waals surface area contributed by atoms with E-state index in [1.165, 1.54) is 5.57 Å². The second-order valence-corrected chi connectivity index (χ2v) is 4.69. The molecule has 1 rings (SSSR count). The lowest BCUT2D eigenvalue weighted by Crippen LogP contribution is -1.55. The van der Waals surface area contributed by atoms with E-state index in [0.717, 1.165) is 0 Å². The van der Waals surface area contributed by atoms with Gasteiger partial charge in [0, 0.05) is 0 Å². The SMILES string of the molecule is C=S1(=C)C=CC(C)=C1. The highest BCUT2D eigenvalue weighted by molar-refractivity contribution is 8.32. The Hall–Kier alpha value is -0.430. The first kappa shape index (κ1) is 5.70. The Kier molecular flexibility index (Phi) is 1.09. The molecule has 0 atom stereocenters. The van der Waals surface area contributed by atoms with Crippen LogP contribution in [0.3, 0.4) is 0 Å². The number of hydrogen-bond acceptors (Lipinski definition) is 0. The van der Waals surface area contributed by atoms with Gasteiger partial charge in [-0.2, -0.15) is 9.21 Å². The number of allylic oxidation sites excluding steroid dienone is 2. The van der Waals surface area contributed by atoms with Crippen LogP contribution in [-0.4, -0.2) is 11.7 Å². The Balaban J connectivity index is 3.21. The summed E-state index contributed by atoms with van der Waals surface area (Å²) in [6.45, 7) is 2.07. The van der Waals surface area contributed by atoms with Crippen LogP contribution in [0, 0.1) is 0 Å². The molecule has 0 N–H and O–H groups in total. The van der Waals surface area contributed by atoms with Crippen LogP contribution in [-0.2, 0) is 0 Å². The van der Waals surface area contributed by atoms with Gasteiger partial charge in [-0.3, -0.25) is 0 Å². The van der Waals surface area contributed by atoms with Gasteiger partial charge in [-0.05, 0) is 23.3 Å². The lowest BCUT2D eigenvalue weighted by Gasteiger charge is -1.91. The molecule has 0 amide bonds. The minimum Gasteiger partial charge on any atom is -0.173 e. The molecule has 0 radical (unpaired) electrons. The first-order valence-corrected chi connectivity index (χ1v) is 4.56. The van der Waals surface area contributed by atoms with Crippen LogP contribution >= 0.6 is 9.21 Å². The maximum Gasteiger partial charge on any atom is -0.0340 e. The van der Waals surface area contributed by atoms with Gasteiger partial charge >= 0.3 is 0 Å². The van der Waals surface area contributed by atoms with Crippen molar-refractivity contribution in [3.63, 3.8) is 0 Å². The largest absolute Gasteiger partial charge is 0.173 e. The first-order chi connectivity index (χ1) is 3.60. The van der Waals surface area contributed by atoms with Gasteiger partial charge in [0.05, 0.1) is 0 Å². The van der Waals surface area contributed by atoms with E-state index in [0.29, 0.717) is 0 Å². The van der Waals surface area contributed by atoms with Crippen molar-refractivity contribution in [2.75, 3.05) is 0 Å². The Morgan fingerprint density at radius 1 is 1.50 bits per heavy atom. The van der Waals surface area contributed by atoms with Crippen LogP contribution < -0.4 is 0 Å². The van der Waals surface area contributed by atoms with Gasteiger partial charge in [0.15, 0.2) is 0 Å². The molecule has 1 aliphatic rings. The second-order valence-electron chi connectivity index (χ2n) is 2.17. The van der Waals surface area contributed by atoms with E-state index in [9.17, 15) is 0 Å². The van der Waals surface area contributed by atoms with E-state index in [4.69, 9.17) is 0 Å². The average molecular weight is 126 g/mol. The predicted octanol–water partition coefficient (Wildman–Crippen LogP) is 2.09. The third-order valence-corrected chi connectivity index (χ3v) is 2.54. The fraction of sp³-hybridized carbons (Fsp3) is 0.143. The normalized spacial score (nSPS) is 23.4. The minimum absolute atomic E-state index is 0.938. The number of hydrogen-bond donors (Lipinski definition) is 0.